The minimum Gasteiger partial charge on any atom is -0.297 e. The lowest BCUT2D eigenvalue weighted by Crippen LogP contribution is -2.35. The Morgan fingerprint density at radius 3 is 2.56 bits per heavy atom. The third kappa shape index (κ3) is 4.86. The predicted molar refractivity (Wildman–Crippen MR) is 75.6 cm³/mol. The summed E-state index contributed by atoms with van der Waals surface area (Å²) in [5, 5.41) is 0. The molecule has 0 saturated carbocycles. The maximum atomic E-state index is 12.4. The molecule has 3 nitrogen and oxygen atoms in total. The first-order valence-electron chi connectivity index (χ1n) is 6.65. The number of unbranched alkanes of at least 4 members (excludes halogenated alkanes) is 1. The SMILES string of the molecule is CCCCN(C(=O)CC(C)(C)C)c1ccccn1. The van der Waals surface area contributed by atoms with Crippen molar-refractivity contribution < 1.29 is 4.79 Å². The monoisotopic (exact) mass is 248 g/mol. The molecule has 0 radical (unpaired) electrons. The van der Waals surface area contributed by atoms with E-state index in [-0.39, 0.29) is 11.3 Å². The van der Waals surface area contributed by atoms with Crippen LogP contribution in [0.2, 0.25) is 0 Å². The summed E-state index contributed by atoms with van der Waals surface area (Å²) in [6.45, 7) is 9.14. The van der Waals surface area contributed by atoms with Crippen LogP contribution < -0.4 is 4.90 Å². The van der Waals surface area contributed by atoms with Crippen LogP contribution >= 0.6 is 0 Å². The molecule has 1 aromatic heterocycles. The van der Waals surface area contributed by atoms with Gasteiger partial charge in [-0.1, -0.05) is 40.2 Å². The molecule has 0 aliphatic rings. The first-order valence-corrected chi connectivity index (χ1v) is 6.65. The summed E-state index contributed by atoms with van der Waals surface area (Å²) in [5.74, 6) is 0.926. The average molecular weight is 248 g/mol. The lowest BCUT2D eigenvalue weighted by molar-refractivity contribution is -0.120. The first kappa shape index (κ1) is 14.7. The van der Waals surface area contributed by atoms with Crippen molar-refractivity contribution in [1.29, 1.82) is 0 Å². The van der Waals surface area contributed by atoms with E-state index in [2.05, 4.69) is 32.7 Å². The largest absolute Gasteiger partial charge is 0.297 e. The second-order valence-corrected chi connectivity index (χ2v) is 5.82. The Labute approximate surface area is 110 Å². The summed E-state index contributed by atoms with van der Waals surface area (Å²) >= 11 is 0. The fourth-order valence-corrected chi connectivity index (χ4v) is 1.75. The molecule has 3 heteroatoms. The molecule has 0 aliphatic heterocycles. The van der Waals surface area contributed by atoms with Crippen molar-refractivity contribution in [1.82, 2.24) is 4.98 Å². The molecular weight excluding hydrogens is 224 g/mol. The van der Waals surface area contributed by atoms with E-state index < -0.39 is 0 Å². The lowest BCUT2D eigenvalue weighted by atomic mass is 9.91. The number of hydrogen-bond acceptors (Lipinski definition) is 2. The third-order valence-corrected chi connectivity index (χ3v) is 2.64. The van der Waals surface area contributed by atoms with Gasteiger partial charge in [-0.25, -0.2) is 4.98 Å². The number of hydrogen-bond donors (Lipinski definition) is 0. The molecule has 1 heterocycles. The van der Waals surface area contributed by atoms with Crippen LogP contribution in [0.25, 0.3) is 0 Å². The number of pyridine rings is 1. The summed E-state index contributed by atoms with van der Waals surface area (Å²) in [5.41, 5.74) is 0.0102. The molecular formula is C15H24N2O. The van der Waals surface area contributed by atoms with E-state index in [1.807, 2.05) is 23.1 Å². The highest BCUT2D eigenvalue weighted by Gasteiger charge is 2.22. The first-order chi connectivity index (χ1) is 8.44. The maximum Gasteiger partial charge on any atom is 0.228 e. The van der Waals surface area contributed by atoms with Crippen molar-refractivity contribution in [2.24, 2.45) is 5.41 Å². The van der Waals surface area contributed by atoms with Crippen molar-refractivity contribution in [3.8, 4) is 0 Å². The van der Waals surface area contributed by atoms with Crippen LogP contribution in [0.3, 0.4) is 0 Å². The van der Waals surface area contributed by atoms with Crippen molar-refractivity contribution in [2.45, 2.75) is 47.0 Å². The molecule has 0 saturated heterocycles. The molecule has 0 spiro atoms. The van der Waals surface area contributed by atoms with Crippen LogP contribution in [0, 0.1) is 5.41 Å². The van der Waals surface area contributed by atoms with Crippen molar-refractivity contribution >= 4 is 11.7 Å². The Balaban J connectivity index is 2.82. The van der Waals surface area contributed by atoms with E-state index in [0.717, 1.165) is 25.2 Å². The highest BCUT2D eigenvalue weighted by molar-refractivity contribution is 5.92. The van der Waals surface area contributed by atoms with Crippen LogP contribution in [-0.4, -0.2) is 17.4 Å². The van der Waals surface area contributed by atoms with E-state index in [9.17, 15) is 4.79 Å². The molecule has 1 aromatic rings. The van der Waals surface area contributed by atoms with E-state index in [1.165, 1.54) is 0 Å². The van der Waals surface area contributed by atoms with Gasteiger partial charge in [0.15, 0.2) is 0 Å². The van der Waals surface area contributed by atoms with Crippen LogP contribution in [0.5, 0.6) is 0 Å². The molecule has 0 fully saturated rings. The topological polar surface area (TPSA) is 33.2 Å². The number of rotatable bonds is 5. The zero-order chi connectivity index (χ0) is 13.6. The highest BCUT2D eigenvalue weighted by atomic mass is 16.2. The fraction of sp³-hybridized carbons (Fsp3) is 0.600. The van der Waals surface area contributed by atoms with Crippen LogP contribution in [0.1, 0.15) is 47.0 Å². The predicted octanol–water partition coefficient (Wildman–Crippen LogP) is 3.65. The number of carbonyl (C=O) groups excluding carboxylic acids is 1. The average Bonchev–Trinajstić information content (AvgIpc) is 2.28. The summed E-state index contributed by atoms with van der Waals surface area (Å²) < 4.78 is 0. The van der Waals surface area contributed by atoms with Crippen LogP contribution in [0.15, 0.2) is 24.4 Å². The molecule has 0 N–H and O–H groups in total. The summed E-state index contributed by atoms with van der Waals surface area (Å²) in [7, 11) is 0. The minimum atomic E-state index is 0.0102. The maximum absolute atomic E-state index is 12.4. The van der Waals surface area contributed by atoms with Crippen LogP contribution in [-0.2, 0) is 4.79 Å². The van der Waals surface area contributed by atoms with Crippen LogP contribution in [0.4, 0.5) is 5.82 Å². The molecule has 0 bridgehead atoms. The Kier molecular flexibility index (Phi) is 5.32. The Morgan fingerprint density at radius 1 is 1.33 bits per heavy atom. The van der Waals surface area contributed by atoms with E-state index in [1.54, 1.807) is 6.20 Å². The second-order valence-electron chi connectivity index (χ2n) is 5.82. The van der Waals surface area contributed by atoms with Gasteiger partial charge in [0.2, 0.25) is 5.91 Å². The molecule has 100 valence electrons. The third-order valence-electron chi connectivity index (χ3n) is 2.64. The molecule has 1 amide bonds. The molecule has 0 aliphatic carbocycles. The quantitative estimate of drug-likeness (QED) is 0.797. The van der Waals surface area contributed by atoms with Gasteiger partial charge in [0, 0.05) is 19.2 Å². The number of nitrogens with zero attached hydrogens (tertiary/aromatic N) is 2. The van der Waals surface area contributed by atoms with Gasteiger partial charge in [0.05, 0.1) is 0 Å². The van der Waals surface area contributed by atoms with E-state index in [4.69, 9.17) is 0 Å². The number of amides is 1. The number of anilines is 1. The Hall–Kier alpha value is -1.38. The molecule has 0 atom stereocenters. The zero-order valence-electron chi connectivity index (χ0n) is 11.9. The van der Waals surface area contributed by atoms with Gasteiger partial charge >= 0.3 is 0 Å². The van der Waals surface area contributed by atoms with Crippen molar-refractivity contribution in [3.05, 3.63) is 24.4 Å². The number of aromatic nitrogens is 1. The normalized spacial score (nSPS) is 11.3. The van der Waals surface area contributed by atoms with Gasteiger partial charge in [-0.05, 0) is 24.0 Å². The molecule has 0 unspecified atom stereocenters. The van der Waals surface area contributed by atoms with Crippen molar-refractivity contribution in [2.75, 3.05) is 11.4 Å². The Morgan fingerprint density at radius 2 is 2.06 bits per heavy atom. The number of carbonyl (C=O) groups is 1. The van der Waals surface area contributed by atoms with Crippen molar-refractivity contribution in [3.63, 3.8) is 0 Å². The molecule has 0 aromatic carbocycles. The molecule has 1 rings (SSSR count). The van der Waals surface area contributed by atoms with Gasteiger partial charge in [-0.3, -0.25) is 9.69 Å². The highest BCUT2D eigenvalue weighted by Crippen LogP contribution is 2.22. The summed E-state index contributed by atoms with van der Waals surface area (Å²) in [6.07, 6.45) is 4.37. The Bertz CT molecular complexity index is 368. The zero-order valence-corrected chi connectivity index (χ0v) is 11.9. The lowest BCUT2D eigenvalue weighted by Gasteiger charge is -2.25. The van der Waals surface area contributed by atoms with E-state index in [0.29, 0.717) is 6.42 Å². The minimum absolute atomic E-state index is 0.0102. The van der Waals surface area contributed by atoms with Gasteiger partial charge in [-0.2, -0.15) is 0 Å². The molecule has 18 heavy (non-hydrogen) atoms. The standard InChI is InChI=1S/C15H24N2O/c1-5-6-11-17(13-9-7-8-10-16-13)14(18)12-15(2,3)4/h7-10H,5-6,11-12H2,1-4H3. The summed E-state index contributed by atoms with van der Waals surface area (Å²) in [6, 6.07) is 5.69. The fourth-order valence-electron chi connectivity index (χ4n) is 1.75. The van der Waals surface area contributed by atoms with E-state index >= 15 is 0 Å². The smallest absolute Gasteiger partial charge is 0.228 e. The second kappa shape index (κ2) is 6.53. The van der Waals surface area contributed by atoms with Gasteiger partial charge < -0.3 is 0 Å². The summed E-state index contributed by atoms with van der Waals surface area (Å²) in [4.78, 5) is 18.5. The van der Waals surface area contributed by atoms with Gasteiger partial charge in [0.25, 0.3) is 0 Å². The van der Waals surface area contributed by atoms with Gasteiger partial charge in [-0.15, -0.1) is 0 Å². The van der Waals surface area contributed by atoms with Gasteiger partial charge in [0.1, 0.15) is 5.82 Å².